The van der Waals surface area contributed by atoms with Crippen molar-refractivity contribution >= 4 is 0 Å². The maximum atomic E-state index is 4.10. The normalized spacial score (nSPS) is 18.8. The minimum absolute atomic E-state index is 0.741. The molecule has 1 aromatic heterocycles. The molecule has 0 saturated carbocycles. The largest absolute Gasteiger partial charge is 0.317 e. The van der Waals surface area contributed by atoms with Crippen LogP contribution in [0.2, 0.25) is 0 Å². The lowest BCUT2D eigenvalue weighted by Gasteiger charge is -2.21. The molecule has 0 amide bonds. The van der Waals surface area contributed by atoms with Gasteiger partial charge in [0.1, 0.15) is 0 Å². The molecule has 0 aromatic carbocycles. The van der Waals surface area contributed by atoms with E-state index < -0.39 is 0 Å². The van der Waals surface area contributed by atoms with Gasteiger partial charge in [0.15, 0.2) is 0 Å². The minimum atomic E-state index is 0.741. The Balaban J connectivity index is 1.90. The maximum absolute atomic E-state index is 4.10. The molecule has 0 spiro atoms. The summed E-state index contributed by atoms with van der Waals surface area (Å²) in [5, 5.41) is 3.36. The first-order valence-electron chi connectivity index (χ1n) is 4.91. The standard InChI is InChI=1S/C11H15N2/c1-2-11(9-13-5-1)8-10-3-6-12-7-4-10/h1-2,5,8-10,12H,3-4,6-7H2. The Morgan fingerprint density at radius 2 is 2.23 bits per heavy atom. The second-order valence-electron chi connectivity index (χ2n) is 3.54. The van der Waals surface area contributed by atoms with Gasteiger partial charge >= 0.3 is 0 Å². The van der Waals surface area contributed by atoms with E-state index in [4.69, 9.17) is 0 Å². The van der Waals surface area contributed by atoms with Gasteiger partial charge in [0.2, 0.25) is 0 Å². The number of rotatable bonds is 2. The van der Waals surface area contributed by atoms with Gasteiger partial charge in [-0.3, -0.25) is 4.98 Å². The fourth-order valence-corrected chi connectivity index (χ4v) is 1.76. The predicted octanol–water partition coefficient (Wildman–Crippen LogP) is 1.63. The number of nitrogens with one attached hydrogen (secondary N) is 1. The van der Waals surface area contributed by atoms with Crippen LogP contribution in [0.1, 0.15) is 18.4 Å². The zero-order chi connectivity index (χ0) is 8.93. The first-order chi connectivity index (χ1) is 6.45. The molecule has 2 nitrogen and oxygen atoms in total. The first kappa shape index (κ1) is 8.70. The van der Waals surface area contributed by atoms with E-state index in [0.717, 1.165) is 19.0 Å². The van der Waals surface area contributed by atoms with Crippen molar-refractivity contribution in [3.05, 3.63) is 36.5 Å². The molecule has 1 radical (unpaired) electrons. The average Bonchev–Trinajstić information content (AvgIpc) is 2.21. The maximum Gasteiger partial charge on any atom is 0.0303 e. The van der Waals surface area contributed by atoms with Crippen molar-refractivity contribution in [2.45, 2.75) is 12.8 Å². The summed E-state index contributed by atoms with van der Waals surface area (Å²) in [5.74, 6) is 0.741. The fraction of sp³-hybridized carbons (Fsp3) is 0.455. The Morgan fingerprint density at radius 1 is 1.38 bits per heavy atom. The molecule has 1 aromatic rings. The summed E-state index contributed by atoms with van der Waals surface area (Å²) in [6.07, 6.45) is 8.61. The second-order valence-corrected chi connectivity index (χ2v) is 3.54. The van der Waals surface area contributed by atoms with E-state index in [1.165, 1.54) is 18.4 Å². The van der Waals surface area contributed by atoms with E-state index in [1.807, 2.05) is 18.5 Å². The van der Waals surface area contributed by atoms with Gasteiger partial charge in [-0.25, -0.2) is 0 Å². The topological polar surface area (TPSA) is 24.9 Å². The lowest BCUT2D eigenvalue weighted by Crippen LogP contribution is -2.28. The molecular formula is C11H15N2. The number of pyridine rings is 1. The van der Waals surface area contributed by atoms with Crippen LogP contribution in [-0.4, -0.2) is 18.1 Å². The van der Waals surface area contributed by atoms with Gasteiger partial charge in [-0.15, -0.1) is 0 Å². The van der Waals surface area contributed by atoms with Crippen LogP contribution in [0.3, 0.4) is 0 Å². The summed E-state index contributed by atoms with van der Waals surface area (Å²) < 4.78 is 0. The van der Waals surface area contributed by atoms with Crippen LogP contribution in [-0.2, 0) is 0 Å². The summed E-state index contributed by atoms with van der Waals surface area (Å²) in [6.45, 7) is 2.31. The zero-order valence-corrected chi connectivity index (χ0v) is 7.74. The molecule has 1 saturated heterocycles. The fourth-order valence-electron chi connectivity index (χ4n) is 1.76. The molecule has 0 bridgehead atoms. The Hall–Kier alpha value is -0.890. The van der Waals surface area contributed by atoms with Crippen LogP contribution in [0.15, 0.2) is 24.5 Å². The molecule has 2 rings (SSSR count). The summed E-state index contributed by atoms with van der Waals surface area (Å²) in [6, 6.07) is 4.11. The van der Waals surface area contributed by atoms with Crippen LogP contribution in [0.5, 0.6) is 0 Å². The van der Waals surface area contributed by atoms with Crippen LogP contribution in [0, 0.1) is 12.3 Å². The van der Waals surface area contributed by atoms with Gasteiger partial charge in [-0.2, -0.15) is 0 Å². The number of aromatic nitrogens is 1. The minimum Gasteiger partial charge on any atom is -0.317 e. The van der Waals surface area contributed by atoms with Crippen LogP contribution >= 0.6 is 0 Å². The molecule has 1 aliphatic rings. The average molecular weight is 175 g/mol. The monoisotopic (exact) mass is 175 g/mol. The summed E-state index contributed by atoms with van der Waals surface area (Å²) in [7, 11) is 0. The Kier molecular flexibility index (Phi) is 2.93. The predicted molar refractivity (Wildman–Crippen MR) is 53.2 cm³/mol. The van der Waals surface area contributed by atoms with Crippen molar-refractivity contribution in [1.82, 2.24) is 10.3 Å². The number of piperidine rings is 1. The van der Waals surface area contributed by atoms with Crippen LogP contribution in [0.4, 0.5) is 0 Å². The van der Waals surface area contributed by atoms with E-state index in [2.05, 4.69) is 22.8 Å². The number of hydrogen-bond acceptors (Lipinski definition) is 2. The van der Waals surface area contributed by atoms with E-state index >= 15 is 0 Å². The van der Waals surface area contributed by atoms with E-state index in [-0.39, 0.29) is 0 Å². The molecule has 0 aliphatic carbocycles. The zero-order valence-electron chi connectivity index (χ0n) is 7.74. The quantitative estimate of drug-likeness (QED) is 0.739. The third-order valence-electron chi connectivity index (χ3n) is 2.50. The second kappa shape index (κ2) is 4.38. The molecule has 2 heterocycles. The first-order valence-corrected chi connectivity index (χ1v) is 4.91. The molecule has 0 atom stereocenters. The lowest BCUT2D eigenvalue weighted by atomic mass is 9.92. The molecular weight excluding hydrogens is 160 g/mol. The summed E-state index contributed by atoms with van der Waals surface area (Å²) in [4.78, 5) is 4.10. The van der Waals surface area contributed by atoms with Crippen molar-refractivity contribution in [1.29, 1.82) is 0 Å². The highest BCUT2D eigenvalue weighted by Crippen LogP contribution is 2.18. The van der Waals surface area contributed by atoms with Gasteiger partial charge in [0.05, 0.1) is 0 Å². The van der Waals surface area contributed by atoms with Gasteiger partial charge < -0.3 is 5.32 Å². The third-order valence-corrected chi connectivity index (χ3v) is 2.50. The third kappa shape index (κ3) is 2.52. The molecule has 69 valence electrons. The molecule has 2 heteroatoms. The molecule has 13 heavy (non-hydrogen) atoms. The van der Waals surface area contributed by atoms with Crippen molar-refractivity contribution in [2.24, 2.45) is 5.92 Å². The van der Waals surface area contributed by atoms with E-state index in [0.29, 0.717) is 0 Å². The van der Waals surface area contributed by atoms with Crippen molar-refractivity contribution in [3.63, 3.8) is 0 Å². The number of nitrogens with zero attached hydrogens (tertiary/aromatic N) is 1. The van der Waals surface area contributed by atoms with Crippen LogP contribution < -0.4 is 5.32 Å². The Morgan fingerprint density at radius 3 is 2.92 bits per heavy atom. The van der Waals surface area contributed by atoms with Gasteiger partial charge in [-0.05, 0) is 49.9 Å². The van der Waals surface area contributed by atoms with Crippen molar-refractivity contribution in [3.8, 4) is 0 Å². The van der Waals surface area contributed by atoms with E-state index in [1.54, 1.807) is 0 Å². The SMILES string of the molecule is [CH](c1cccnc1)C1CCNCC1. The summed E-state index contributed by atoms with van der Waals surface area (Å²) in [5.41, 5.74) is 1.26. The molecule has 1 aliphatic heterocycles. The highest BCUT2D eigenvalue weighted by atomic mass is 14.9. The van der Waals surface area contributed by atoms with Crippen LogP contribution in [0.25, 0.3) is 0 Å². The highest BCUT2D eigenvalue weighted by Gasteiger charge is 2.13. The molecule has 0 unspecified atom stereocenters. The van der Waals surface area contributed by atoms with Crippen molar-refractivity contribution < 1.29 is 0 Å². The van der Waals surface area contributed by atoms with Gasteiger partial charge in [-0.1, -0.05) is 6.07 Å². The molecule has 1 N–H and O–H groups in total. The van der Waals surface area contributed by atoms with E-state index in [9.17, 15) is 0 Å². The van der Waals surface area contributed by atoms with Crippen molar-refractivity contribution in [2.75, 3.05) is 13.1 Å². The highest BCUT2D eigenvalue weighted by molar-refractivity contribution is 5.19. The van der Waals surface area contributed by atoms with Gasteiger partial charge in [0.25, 0.3) is 0 Å². The van der Waals surface area contributed by atoms with Gasteiger partial charge in [0, 0.05) is 12.4 Å². The Labute approximate surface area is 79.4 Å². The Bertz CT molecular complexity index is 240. The molecule has 1 fully saturated rings. The smallest absolute Gasteiger partial charge is 0.0303 e. The lowest BCUT2D eigenvalue weighted by molar-refractivity contribution is 0.420. The summed E-state index contributed by atoms with van der Waals surface area (Å²) >= 11 is 0. The number of hydrogen-bond donors (Lipinski definition) is 1.